The number of anilines is 1. The molecule has 0 aromatic heterocycles. The van der Waals surface area contributed by atoms with Crippen LogP contribution in [-0.2, 0) is 11.3 Å². The van der Waals surface area contributed by atoms with Crippen LogP contribution in [0, 0.1) is 6.92 Å². The Bertz CT molecular complexity index is 718. The number of piperidine rings is 1. The fraction of sp³-hybridized carbons (Fsp3) is 0.350. The van der Waals surface area contributed by atoms with E-state index in [4.69, 9.17) is 16.3 Å². The molecule has 1 aliphatic heterocycles. The van der Waals surface area contributed by atoms with Gasteiger partial charge in [0.1, 0.15) is 0 Å². The van der Waals surface area contributed by atoms with Gasteiger partial charge in [-0.1, -0.05) is 47.5 Å². The third kappa shape index (κ3) is 5.21. The van der Waals surface area contributed by atoms with E-state index < -0.39 is 0 Å². The van der Waals surface area contributed by atoms with Crippen molar-refractivity contribution in [3.8, 4) is 0 Å². The van der Waals surface area contributed by atoms with E-state index in [1.807, 2.05) is 17.0 Å². The van der Waals surface area contributed by atoms with Crippen molar-refractivity contribution in [3.63, 3.8) is 0 Å². The number of urea groups is 1. The van der Waals surface area contributed by atoms with Crippen LogP contribution in [-0.4, -0.2) is 30.1 Å². The normalized spacial score (nSPS) is 17.4. The molecule has 2 aromatic rings. The van der Waals surface area contributed by atoms with Crippen molar-refractivity contribution in [2.45, 2.75) is 32.5 Å². The summed E-state index contributed by atoms with van der Waals surface area (Å²) in [5.41, 5.74) is 3.11. The lowest BCUT2D eigenvalue weighted by atomic mass is 10.1. The summed E-state index contributed by atoms with van der Waals surface area (Å²) < 4.78 is 6.02. The Morgan fingerprint density at radius 1 is 1.28 bits per heavy atom. The Morgan fingerprint density at radius 3 is 2.84 bits per heavy atom. The monoisotopic (exact) mass is 358 g/mol. The number of carbonyl (C=O) groups excluding carboxylic acids is 1. The Hall–Kier alpha value is -2.04. The second-order valence-corrected chi connectivity index (χ2v) is 6.88. The topological polar surface area (TPSA) is 41.6 Å². The lowest BCUT2D eigenvalue weighted by Gasteiger charge is -2.32. The number of ether oxygens (including phenoxy) is 1. The summed E-state index contributed by atoms with van der Waals surface area (Å²) in [7, 11) is 0. The van der Waals surface area contributed by atoms with Crippen LogP contribution in [0.2, 0.25) is 5.02 Å². The van der Waals surface area contributed by atoms with Gasteiger partial charge in [-0.3, -0.25) is 0 Å². The Balaban J connectivity index is 1.51. The standard InChI is InChI=1S/C20H23ClN2O2/c1-15-7-9-16(10-8-15)14-25-19-6-3-11-23(13-19)20(24)22-18-5-2-4-17(21)12-18/h2,4-5,7-10,12,19H,3,6,11,13-14H2,1H3,(H,22,24)/t19-/m1/s1. The molecule has 1 heterocycles. The van der Waals surface area contributed by atoms with Crippen LogP contribution in [0.25, 0.3) is 0 Å². The minimum Gasteiger partial charge on any atom is -0.372 e. The lowest BCUT2D eigenvalue weighted by molar-refractivity contribution is 0.00101. The van der Waals surface area contributed by atoms with Crippen molar-refractivity contribution in [1.29, 1.82) is 0 Å². The summed E-state index contributed by atoms with van der Waals surface area (Å²) >= 11 is 5.96. The summed E-state index contributed by atoms with van der Waals surface area (Å²) in [5.74, 6) is 0. The molecule has 0 aliphatic carbocycles. The Morgan fingerprint density at radius 2 is 2.08 bits per heavy atom. The third-order valence-electron chi connectivity index (χ3n) is 4.35. The Kier molecular flexibility index (Phi) is 5.95. The molecule has 4 nitrogen and oxygen atoms in total. The first kappa shape index (κ1) is 17.8. The van der Waals surface area contributed by atoms with Crippen LogP contribution in [0.15, 0.2) is 48.5 Å². The van der Waals surface area contributed by atoms with E-state index in [1.54, 1.807) is 12.1 Å². The second-order valence-electron chi connectivity index (χ2n) is 6.45. The van der Waals surface area contributed by atoms with Gasteiger partial charge in [0.25, 0.3) is 0 Å². The van der Waals surface area contributed by atoms with E-state index >= 15 is 0 Å². The average molecular weight is 359 g/mol. The largest absolute Gasteiger partial charge is 0.372 e. The van der Waals surface area contributed by atoms with Crippen molar-refractivity contribution in [2.24, 2.45) is 0 Å². The lowest BCUT2D eigenvalue weighted by Crippen LogP contribution is -2.45. The van der Waals surface area contributed by atoms with E-state index in [9.17, 15) is 4.79 Å². The molecule has 0 saturated carbocycles. The number of carbonyl (C=O) groups is 1. The molecule has 25 heavy (non-hydrogen) atoms. The zero-order valence-electron chi connectivity index (χ0n) is 14.4. The molecule has 1 atom stereocenters. The third-order valence-corrected chi connectivity index (χ3v) is 4.58. The fourth-order valence-corrected chi connectivity index (χ4v) is 3.12. The smallest absolute Gasteiger partial charge is 0.321 e. The van der Waals surface area contributed by atoms with Crippen molar-refractivity contribution in [2.75, 3.05) is 18.4 Å². The van der Waals surface area contributed by atoms with Crippen LogP contribution in [0.5, 0.6) is 0 Å². The van der Waals surface area contributed by atoms with Crippen molar-refractivity contribution < 1.29 is 9.53 Å². The van der Waals surface area contributed by atoms with Crippen LogP contribution in [0.3, 0.4) is 0 Å². The summed E-state index contributed by atoms with van der Waals surface area (Å²) in [6, 6.07) is 15.4. The molecule has 1 saturated heterocycles. The van der Waals surface area contributed by atoms with E-state index in [0.29, 0.717) is 23.9 Å². The number of benzene rings is 2. The van der Waals surface area contributed by atoms with E-state index in [0.717, 1.165) is 24.9 Å². The van der Waals surface area contributed by atoms with Gasteiger partial charge < -0.3 is 15.0 Å². The number of nitrogens with one attached hydrogen (secondary N) is 1. The van der Waals surface area contributed by atoms with Gasteiger partial charge in [-0.15, -0.1) is 0 Å². The minimum absolute atomic E-state index is 0.0696. The number of halogens is 1. The van der Waals surface area contributed by atoms with Crippen LogP contribution >= 0.6 is 11.6 Å². The summed E-state index contributed by atoms with van der Waals surface area (Å²) in [6.07, 6.45) is 1.99. The highest BCUT2D eigenvalue weighted by Gasteiger charge is 2.24. The predicted octanol–water partition coefficient (Wildman–Crippen LogP) is 4.86. The first-order chi connectivity index (χ1) is 12.1. The van der Waals surface area contributed by atoms with Crippen molar-refractivity contribution in [3.05, 3.63) is 64.7 Å². The van der Waals surface area contributed by atoms with Gasteiger partial charge >= 0.3 is 6.03 Å². The molecule has 0 bridgehead atoms. The highest BCUT2D eigenvalue weighted by molar-refractivity contribution is 6.30. The number of hydrogen-bond donors (Lipinski definition) is 1. The van der Waals surface area contributed by atoms with Gasteiger partial charge in [-0.2, -0.15) is 0 Å². The number of aryl methyl sites for hydroxylation is 1. The molecular weight excluding hydrogens is 336 g/mol. The molecule has 0 radical (unpaired) electrons. The van der Waals surface area contributed by atoms with Gasteiger partial charge in [0.05, 0.1) is 12.7 Å². The first-order valence-electron chi connectivity index (χ1n) is 8.59. The van der Waals surface area contributed by atoms with E-state index in [-0.39, 0.29) is 12.1 Å². The Labute approximate surface area is 153 Å². The van der Waals surface area contributed by atoms with E-state index in [1.165, 1.54) is 5.56 Å². The highest BCUT2D eigenvalue weighted by atomic mass is 35.5. The second kappa shape index (κ2) is 8.37. The average Bonchev–Trinajstić information content (AvgIpc) is 2.61. The fourth-order valence-electron chi connectivity index (χ4n) is 2.93. The van der Waals surface area contributed by atoms with Gasteiger partial charge in [-0.25, -0.2) is 4.79 Å². The van der Waals surface area contributed by atoms with Gasteiger partial charge in [-0.05, 0) is 43.5 Å². The van der Waals surface area contributed by atoms with Crippen LogP contribution < -0.4 is 5.32 Å². The number of nitrogens with zero attached hydrogens (tertiary/aromatic N) is 1. The molecule has 1 fully saturated rings. The maximum atomic E-state index is 12.5. The predicted molar refractivity (Wildman–Crippen MR) is 101 cm³/mol. The molecule has 5 heteroatoms. The zero-order chi connectivity index (χ0) is 17.6. The zero-order valence-corrected chi connectivity index (χ0v) is 15.1. The van der Waals surface area contributed by atoms with Gasteiger partial charge in [0.2, 0.25) is 0 Å². The molecule has 132 valence electrons. The molecular formula is C20H23ClN2O2. The maximum Gasteiger partial charge on any atom is 0.321 e. The molecule has 2 aromatic carbocycles. The van der Waals surface area contributed by atoms with Crippen molar-refractivity contribution >= 4 is 23.3 Å². The minimum atomic E-state index is -0.106. The number of amides is 2. The SMILES string of the molecule is Cc1ccc(CO[C@@H]2CCCN(C(=O)Nc3cccc(Cl)c3)C2)cc1. The molecule has 0 unspecified atom stereocenters. The van der Waals surface area contributed by atoms with Crippen LogP contribution in [0.4, 0.5) is 10.5 Å². The highest BCUT2D eigenvalue weighted by Crippen LogP contribution is 2.19. The van der Waals surface area contributed by atoms with Crippen molar-refractivity contribution in [1.82, 2.24) is 4.90 Å². The van der Waals surface area contributed by atoms with E-state index in [2.05, 4.69) is 36.5 Å². The number of likely N-dealkylation sites (tertiary alicyclic amines) is 1. The molecule has 1 aliphatic rings. The summed E-state index contributed by atoms with van der Waals surface area (Å²) in [6.45, 7) is 4.01. The molecule has 0 spiro atoms. The van der Waals surface area contributed by atoms with Gasteiger partial charge in [0.15, 0.2) is 0 Å². The number of hydrogen-bond acceptors (Lipinski definition) is 2. The first-order valence-corrected chi connectivity index (χ1v) is 8.96. The van der Waals surface area contributed by atoms with Crippen LogP contribution in [0.1, 0.15) is 24.0 Å². The molecule has 2 amide bonds. The quantitative estimate of drug-likeness (QED) is 0.847. The number of rotatable bonds is 4. The molecule has 3 rings (SSSR count). The maximum absolute atomic E-state index is 12.5. The summed E-state index contributed by atoms with van der Waals surface area (Å²) in [5, 5.41) is 3.51. The summed E-state index contributed by atoms with van der Waals surface area (Å²) in [4.78, 5) is 14.3. The molecule has 1 N–H and O–H groups in total. The van der Waals surface area contributed by atoms with Gasteiger partial charge in [0, 0.05) is 23.8 Å².